The monoisotopic (exact) mass is 303 g/mol. The van der Waals surface area contributed by atoms with Crippen molar-refractivity contribution >= 4 is 29.1 Å². The Labute approximate surface area is 121 Å². The molecule has 0 radical (unpaired) electrons. The molecule has 2 rings (SSSR count). The summed E-state index contributed by atoms with van der Waals surface area (Å²) < 4.78 is 5.35. The number of nitrogens with one attached hydrogen (secondary N) is 1. The maximum atomic E-state index is 11.8. The van der Waals surface area contributed by atoms with Crippen LogP contribution in [0.3, 0.4) is 0 Å². The minimum absolute atomic E-state index is 0.0576. The van der Waals surface area contributed by atoms with E-state index < -0.39 is 0 Å². The van der Waals surface area contributed by atoms with Gasteiger partial charge in [-0.25, -0.2) is 4.98 Å². The number of rotatable bonds is 3. The molecule has 7 heteroatoms. The molecule has 1 fully saturated rings. The molecule has 1 aliphatic heterocycles. The molecule has 1 aromatic rings. The van der Waals surface area contributed by atoms with E-state index in [-0.39, 0.29) is 11.9 Å². The standard InChI is InChI=1S/C12H15Cl2N3O2/c1-15-12(18)9-7-19-5-4-17(9)6-8-2-3-10(13)16-11(8)14/h2-3,9H,4-7H2,1H3,(H,15,18). The lowest BCUT2D eigenvalue weighted by Gasteiger charge is -2.34. The lowest BCUT2D eigenvalue weighted by Crippen LogP contribution is -2.52. The van der Waals surface area contributed by atoms with Gasteiger partial charge in [-0.3, -0.25) is 9.69 Å². The van der Waals surface area contributed by atoms with E-state index >= 15 is 0 Å². The number of nitrogens with zero attached hydrogens (tertiary/aromatic N) is 2. The summed E-state index contributed by atoms with van der Waals surface area (Å²) in [7, 11) is 1.62. The maximum Gasteiger partial charge on any atom is 0.239 e. The van der Waals surface area contributed by atoms with Gasteiger partial charge in [-0.15, -0.1) is 0 Å². The zero-order valence-corrected chi connectivity index (χ0v) is 12.0. The second-order valence-corrected chi connectivity index (χ2v) is 5.00. The summed E-state index contributed by atoms with van der Waals surface area (Å²) in [5.41, 5.74) is 0.849. The first kappa shape index (κ1) is 14.5. The smallest absolute Gasteiger partial charge is 0.239 e. The van der Waals surface area contributed by atoms with E-state index in [1.165, 1.54) is 0 Å². The summed E-state index contributed by atoms with van der Waals surface area (Å²) in [5.74, 6) is -0.0576. The molecule has 0 bridgehead atoms. The Balaban J connectivity index is 2.13. The Morgan fingerprint density at radius 3 is 3.05 bits per heavy atom. The minimum Gasteiger partial charge on any atom is -0.378 e. The lowest BCUT2D eigenvalue weighted by atomic mass is 10.1. The lowest BCUT2D eigenvalue weighted by molar-refractivity contribution is -0.132. The average Bonchev–Trinajstić information content (AvgIpc) is 2.41. The van der Waals surface area contributed by atoms with Crippen molar-refractivity contribution in [3.63, 3.8) is 0 Å². The number of ether oxygens (including phenoxy) is 1. The first-order chi connectivity index (χ1) is 9.11. The molecule has 2 heterocycles. The van der Waals surface area contributed by atoms with Gasteiger partial charge in [0.15, 0.2) is 0 Å². The van der Waals surface area contributed by atoms with Crippen LogP contribution in [0.15, 0.2) is 12.1 Å². The zero-order valence-electron chi connectivity index (χ0n) is 10.5. The number of pyridine rings is 1. The Bertz CT molecular complexity index is 470. The number of halogens is 2. The predicted octanol–water partition coefficient (Wildman–Crippen LogP) is 1.34. The number of hydrogen-bond acceptors (Lipinski definition) is 4. The zero-order chi connectivity index (χ0) is 13.8. The van der Waals surface area contributed by atoms with Crippen LogP contribution in [0.4, 0.5) is 0 Å². The van der Waals surface area contributed by atoms with Crippen LogP contribution in [0.1, 0.15) is 5.56 Å². The fraction of sp³-hybridized carbons (Fsp3) is 0.500. The van der Waals surface area contributed by atoms with Gasteiger partial charge in [-0.1, -0.05) is 29.3 Å². The molecular weight excluding hydrogens is 289 g/mol. The van der Waals surface area contributed by atoms with E-state index in [1.54, 1.807) is 13.1 Å². The van der Waals surface area contributed by atoms with Gasteiger partial charge in [0.1, 0.15) is 16.3 Å². The number of aromatic nitrogens is 1. The number of hydrogen-bond donors (Lipinski definition) is 1. The molecule has 1 aliphatic rings. The molecule has 1 atom stereocenters. The van der Waals surface area contributed by atoms with Crippen molar-refractivity contribution in [3.8, 4) is 0 Å². The quantitative estimate of drug-likeness (QED) is 0.856. The number of amides is 1. The minimum atomic E-state index is -0.300. The van der Waals surface area contributed by atoms with Crippen molar-refractivity contribution in [1.29, 1.82) is 0 Å². The van der Waals surface area contributed by atoms with Crippen molar-refractivity contribution in [2.45, 2.75) is 12.6 Å². The van der Waals surface area contributed by atoms with Gasteiger partial charge in [0.05, 0.1) is 13.2 Å². The third kappa shape index (κ3) is 3.57. The second kappa shape index (κ2) is 6.52. The number of morpholine rings is 1. The highest BCUT2D eigenvalue weighted by atomic mass is 35.5. The molecule has 0 aromatic carbocycles. The van der Waals surface area contributed by atoms with Crippen LogP contribution in [-0.4, -0.2) is 48.6 Å². The van der Waals surface area contributed by atoms with Crippen LogP contribution in [0.25, 0.3) is 0 Å². The molecule has 5 nitrogen and oxygen atoms in total. The van der Waals surface area contributed by atoms with Crippen molar-refractivity contribution in [2.24, 2.45) is 0 Å². The highest BCUT2D eigenvalue weighted by Gasteiger charge is 2.29. The summed E-state index contributed by atoms with van der Waals surface area (Å²) in [6, 6.07) is 3.22. The van der Waals surface area contributed by atoms with E-state index in [9.17, 15) is 4.79 Å². The average molecular weight is 304 g/mol. The Morgan fingerprint density at radius 1 is 1.58 bits per heavy atom. The fourth-order valence-corrected chi connectivity index (χ4v) is 2.42. The highest BCUT2D eigenvalue weighted by Crippen LogP contribution is 2.20. The van der Waals surface area contributed by atoms with Gasteiger partial charge in [0, 0.05) is 25.7 Å². The molecule has 1 aromatic heterocycles. The van der Waals surface area contributed by atoms with E-state index in [4.69, 9.17) is 27.9 Å². The van der Waals surface area contributed by atoms with Crippen molar-refractivity contribution in [2.75, 3.05) is 26.8 Å². The van der Waals surface area contributed by atoms with Gasteiger partial charge >= 0.3 is 0 Å². The normalized spacial score (nSPS) is 20.3. The third-order valence-corrected chi connectivity index (χ3v) is 3.59. The molecule has 0 saturated carbocycles. The summed E-state index contributed by atoms with van der Waals surface area (Å²) >= 11 is 11.8. The van der Waals surface area contributed by atoms with Crippen LogP contribution >= 0.6 is 23.2 Å². The van der Waals surface area contributed by atoms with Crippen LogP contribution in [0.5, 0.6) is 0 Å². The van der Waals surface area contributed by atoms with Crippen molar-refractivity contribution in [3.05, 3.63) is 28.0 Å². The topological polar surface area (TPSA) is 54.5 Å². The predicted molar refractivity (Wildman–Crippen MR) is 73.3 cm³/mol. The van der Waals surface area contributed by atoms with Gasteiger partial charge in [-0.05, 0) is 6.07 Å². The summed E-state index contributed by atoms with van der Waals surface area (Å²) in [5, 5.41) is 3.37. The molecule has 1 unspecified atom stereocenters. The highest BCUT2D eigenvalue weighted by molar-refractivity contribution is 6.32. The number of carbonyl (C=O) groups is 1. The molecule has 1 amide bonds. The number of carbonyl (C=O) groups excluding carboxylic acids is 1. The van der Waals surface area contributed by atoms with Gasteiger partial charge in [0.25, 0.3) is 0 Å². The first-order valence-corrected chi connectivity index (χ1v) is 6.71. The second-order valence-electron chi connectivity index (χ2n) is 4.26. The first-order valence-electron chi connectivity index (χ1n) is 5.96. The largest absolute Gasteiger partial charge is 0.378 e. The Morgan fingerprint density at radius 2 is 2.37 bits per heavy atom. The molecule has 1 saturated heterocycles. The maximum absolute atomic E-state index is 11.8. The molecule has 0 spiro atoms. The van der Waals surface area contributed by atoms with E-state index in [2.05, 4.69) is 10.3 Å². The molecular formula is C12H15Cl2N3O2. The summed E-state index contributed by atoms with van der Waals surface area (Å²) in [4.78, 5) is 17.8. The van der Waals surface area contributed by atoms with E-state index in [1.807, 2.05) is 11.0 Å². The molecule has 0 aliphatic carbocycles. The fourth-order valence-electron chi connectivity index (χ4n) is 2.01. The van der Waals surface area contributed by atoms with Crippen LogP contribution < -0.4 is 5.32 Å². The van der Waals surface area contributed by atoms with E-state index in [0.717, 1.165) is 5.56 Å². The summed E-state index contributed by atoms with van der Waals surface area (Å²) in [6.07, 6.45) is 0. The molecule has 104 valence electrons. The van der Waals surface area contributed by atoms with Crippen LogP contribution in [0, 0.1) is 0 Å². The van der Waals surface area contributed by atoms with Gasteiger partial charge < -0.3 is 10.1 Å². The number of likely N-dealkylation sites (N-methyl/N-ethyl adjacent to an activating group) is 1. The Hall–Kier alpha value is -0.880. The van der Waals surface area contributed by atoms with Gasteiger partial charge in [0.2, 0.25) is 5.91 Å². The Kier molecular flexibility index (Phi) is 4.99. The molecule has 1 N–H and O–H groups in total. The SMILES string of the molecule is CNC(=O)C1COCCN1Cc1ccc(Cl)nc1Cl. The summed E-state index contributed by atoms with van der Waals surface area (Å²) in [6.45, 7) is 2.21. The third-order valence-electron chi connectivity index (χ3n) is 3.05. The molecule has 19 heavy (non-hydrogen) atoms. The van der Waals surface area contributed by atoms with Gasteiger partial charge in [-0.2, -0.15) is 0 Å². The van der Waals surface area contributed by atoms with Crippen molar-refractivity contribution in [1.82, 2.24) is 15.2 Å². The van der Waals surface area contributed by atoms with Crippen molar-refractivity contribution < 1.29 is 9.53 Å². The van der Waals surface area contributed by atoms with Crippen LogP contribution in [-0.2, 0) is 16.1 Å². The van der Waals surface area contributed by atoms with Crippen LogP contribution in [0.2, 0.25) is 10.3 Å². The van der Waals surface area contributed by atoms with E-state index in [0.29, 0.717) is 36.6 Å².